The van der Waals surface area contributed by atoms with E-state index < -0.39 is 0 Å². The van der Waals surface area contributed by atoms with Crippen molar-refractivity contribution in [3.63, 3.8) is 0 Å². The number of rotatable bonds is 2. The van der Waals surface area contributed by atoms with Gasteiger partial charge < -0.3 is 20.7 Å². The Morgan fingerprint density at radius 1 is 1.19 bits per heavy atom. The highest BCUT2D eigenvalue weighted by Crippen LogP contribution is 2.51. The SMILES string of the molecule is N[C@@H]1c2cc(F)ccc2CC12CCN(C1=Nc3ncc(Sc4cccc5c4OCCN5)nc3C1)CC2. The summed E-state index contributed by atoms with van der Waals surface area (Å²) in [5.74, 6) is 2.42. The van der Waals surface area contributed by atoms with Gasteiger partial charge in [0.15, 0.2) is 11.6 Å². The first-order valence-corrected chi connectivity index (χ1v) is 13.3. The van der Waals surface area contributed by atoms with Crippen molar-refractivity contribution in [2.45, 2.75) is 41.6 Å². The smallest absolute Gasteiger partial charge is 0.176 e. The predicted octanol–water partition coefficient (Wildman–Crippen LogP) is 4.50. The van der Waals surface area contributed by atoms with Crippen LogP contribution in [0.2, 0.25) is 0 Å². The normalized spacial score (nSPS) is 21.3. The molecular formula is C27H27FN6OS. The minimum Gasteiger partial charge on any atom is -0.488 e. The molecule has 36 heavy (non-hydrogen) atoms. The minimum atomic E-state index is -0.203. The van der Waals surface area contributed by atoms with E-state index in [0.717, 1.165) is 77.3 Å². The largest absolute Gasteiger partial charge is 0.488 e. The summed E-state index contributed by atoms with van der Waals surface area (Å²) in [6, 6.07) is 11.1. The highest BCUT2D eigenvalue weighted by atomic mass is 32.2. The fourth-order valence-corrected chi connectivity index (χ4v) is 6.92. The van der Waals surface area contributed by atoms with Crippen LogP contribution in [0, 0.1) is 11.2 Å². The molecule has 0 amide bonds. The number of ether oxygens (including phenoxy) is 1. The van der Waals surface area contributed by atoms with Crippen LogP contribution in [-0.4, -0.2) is 46.9 Å². The van der Waals surface area contributed by atoms with Crippen molar-refractivity contribution in [2.24, 2.45) is 16.1 Å². The Morgan fingerprint density at radius 3 is 2.97 bits per heavy atom. The predicted molar refractivity (Wildman–Crippen MR) is 138 cm³/mol. The first-order valence-electron chi connectivity index (χ1n) is 12.5. The maximum absolute atomic E-state index is 13.8. The van der Waals surface area contributed by atoms with E-state index in [1.54, 1.807) is 30.1 Å². The summed E-state index contributed by atoms with van der Waals surface area (Å²) in [5, 5.41) is 4.22. The van der Waals surface area contributed by atoms with Crippen molar-refractivity contribution < 1.29 is 9.13 Å². The minimum absolute atomic E-state index is 0.00467. The Morgan fingerprint density at radius 2 is 2.08 bits per heavy atom. The molecule has 1 aliphatic carbocycles. The van der Waals surface area contributed by atoms with Gasteiger partial charge >= 0.3 is 0 Å². The van der Waals surface area contributed by atoms with Crippen LogP contribution in [0.1, 0.15) is 35.7 Å². The second-order valence-electron chi connectivity index (χ2n) is 10.0. The Balaban J connectivity index is 1.03. The summed E-state index contributed by atoms with van der Waals surface area (Å²) in [5.41, 5.74) is 10.8. The lowest BCUT2D eigenvalue weighted by Crippen LogP contribution is -2.46. The molecule has 4 heterocycles. The summed E-state index contributed by atoms with van der Waals surface area (Å²) in [6.45, 7) is 3.25. The van der Waals surface area contributed by atoms with Crippen molar-refractivity contribution in [3.8, 4) is 5.75 Å². The van der Waals surface area contributed by atoms with Gasteiger partial charge in [0.1, 0.15) is 23.3 Å². The highest BCUT2D eigenvalue weighted by molar-refractivity contribution is 7.99. The number of aromatic nitrogens is 2. The summed E-state index contributed by atoms with van der Waals surface area (Å²) in [6.07, 6.45) is 5.34. The molecule has 1 spiro atoms. The zero-order valence-corrected chi connectivity index (χ0v) is 20.7. The van der Waals surface area contributed by atoms with Gasteiger partial charge in [0.05, 0.1) is 28.9 Å². The molecule has 4 aliphatic rings. The lowest BCUT2D eigenvalue weighted by atomic mass is 9.73. The Kier molecular flexibility index (Phi) is 5.18. The van der Waals surface area contributed by atoms with Crippen LogP contribution in [0.5, 0.6) is 5.75 Å². The van der Waals surface area contributed by atoms with Crippen LogP contribution in [0.4, 0.5) is 15.9 Å². The third-order valence-electron chi connectivity index (χ3n) is 7.99. The van der Waals surface area contributed by atoms with E-state index in [1.165, 1.54) is 5.56 Å². The lowest BCUT2D eigenvalue weighted by molar-refractivity contribution is 0.127. The number of piperidine rings is 1. The maximum atomic E-state index is 13.8. The van der Waals surface area contributed by atoms with Crippen LogP contribution in [0.15, 0.2) is 57.5 Å². The molecule has 184 valence electrons. The van der Waals surface area contributed by atoms with Gasteiger partial charge in [0, 0.05) is 25.7 Å². The molecule has 3 N–H and O–H groups in total. The number of nitrogens with two attached hydrogens (primary N) is 1. The summed E-state index contributed by atoms with van der Waals surface area (Å²) < 4.78 is 19.7. The third-order valence-corrected chi connectivity index (χ3v) is 8.94. The van der Waals surface area contributed by atoms with E-state index in [2.05, 4.69) is 21.3 Å². The van der Waals surface area contributed by atoms with Crippen molar-refractivity contribution in [1.29, 1.82) is 0 Å². The first kappa shape index (κ1) is 22.1. The van der Waals surface area contributed by atoms with Crippen molar-refractivity contribution in [1.82, 2.24) is 14.9 Å². The summed E-state index contributed by atoms with van der Waals surface area (Å²) in [4.78, 5) is 17.7. The molecule has 0 radical (unpaired) electrons. The van der Waals surface area contributed by atoms with Gasteiger partial charge in [-0.15, -0.1) is 0 Å². The summed E-state index contributed by atoms with van der Waals surface area (Å²) >= 11 is 1.57. The number of benzene rings is 2. The lowest BCUT2D eigenvalue weighted by Gasteiger charge is -2.43. The molecular weight excluding hydrogens is 475 g/mol. The average molecular weight is 503 g/mol. The fraction of sp³-hybridized carbons (Fsp3) is 0.370. The summed E-state index contributed by atoms with van der Waals surface area (Å²) in [7, 11) is 0. The quantitative estimate of drug-likeness (QED) is 0.534. The number of likely N-dealkylation sites (tertiary alicyclic amines) is 1. The van der Waals surface area contributed by atoms with Crippen LogP contribution in [0.3, 0.4) is 0 Å². The maximum Gasteiger partial charge on any atom is 0.176 e. The van der Waals surface area contributed by atoms with E-state index in [0.29, 0.717) is 18.8 Å². The zero-order valence-electron chi connectivity index (χ0n) is 19.8. The standard InChI is InChI=1S/C27H27FN6OS/c28-17-5-4-16-14-27(25(29)18(16)12-17)6-9-34(10-7-27)22-13-20-26(33-22)31-15-23(32-20)36-21-3-1-2-19-24(21)35-11-8-30-19/h1-5,12,15,25,30H,6-11,13-14,29H2/t25-/m1/s1. The molecule has 7 nitrogen and oxygen atoms in total. The third kappa shape index (κ3) is 3.64. The molecule has 1 aromatic heterocycles. The monoisotopic (exact) mass is 502 g/mol. The van der Waals surface area contributed by atoms with E-state index in [9.17, 15) is 4.39 Å². The number of anilines is 1. The number of hydrogen-bond acceptors (Lipinski definition) is 8. The van der Waals surface area contributed by atoms with Gasteiger partial charge in [0.25, 0.3) is 0 Å². The molecule has 9 heteroatoms. The molecule has 3 aliphatic heterocycles. The number of halogens is 1. The van der Waals surface area contributed by atoms with Crippen LogP contribution < -0.4 is 15.8 Å². The molecule has 1 atom stereocenters. The topological polar surface area (TPSA) is 88.7 Å². The number of aliphatic imine (C=N–C) groups is 1. The second kappa shape index (κ2) is 8.45. The van der Waals surface area contributed by atoms with Crippen molar-refractivity contribution in [2.75, 3.05) is 31.6 Å². The number of amidine groups is 1. The first-order chi connectivity index (χ1) is 17.6. The molecule has 0 unspecified atom stereocenters. The Labute approximate surface area is 213 Å². The number of fused-ring (bicyclic) bond motifs is 3. The molecule has 7 rings (SSSR count). The number of hydrogen-bond donors (Lipinski definition) is 2. The molecule has 2 aromatic carbocycles. The van der Waals surface area contributed by atoms with E-state index in [-0.39, 0.29) is 17.3 Å². The van der Waals surface area contributed by atoms with Gasteiger partial charge in [-0.1, -0.05) is 23.9 Å². The number of para-hydroxylation sites is 1. The van der Waals surface area contributed by atoms with Crippen molar-refractivity contribution in [3.05, 3.63) is 65.2 Å². The van der Waals surface area contributed by atoms with Gasteiger partial charge in [-0.3, -0.25) is 0 Å². The van der Waals surface area contributed by atoms with E-state index in [1.807, 2.05) is 18.2 Å². The second-order valence-corrected chi connectivity index (χ2v) is 11.1. The molecule has 0 bridgehead atoms. The molecule has 3 aromatic rings. The molecule has 1 saturated heterocycles. The molecule has 1 fully saturated rings. The van der Waals surface area contributed by atoms with Gasteiger partial charge in [-0.2, -0.15) is 0 Å². The van der Waals surface area contributed by atoms with E-state index in [4.69, 9.17) is 20.4 Å². The average Bonchev–Trinajstić information content (AvgIpc) is 3.44. The number of nitrogens with one attached hydrogen (secondary N) is 1. The van der Waals surface area contributed by atoms with Gasteiger partial charge in [-0.25, -0.2) is 19.4 Å². The number of nitrogens with zero attached hydrogens (tertiary/aromatic N) is 4. The van der Waals surface area contributed by atoms with Crippen molar-refractivity contribution >= 4 is 29.1 Å². The van der Waals surface area contributed by atoms with Gasteiger partial charge in [0.2, 0.25) is 0 Å². The Hall–Kier alpha value is -3.17. The van der Waals surface area contributed by atoms with Crippen LogP contribution in [0.25, 0.3) is 0 Å². The fourth-order valence-electron chi connectivity index (χ4n) is 6.03. The van der Waals surface area contributed by atoms with E-state index >= 15 is 0 Å². The zero-order chi connectivity index (χ0) is 24.3. The Bertz CT molecular complexity index is 1390. The van der Waals surface area contributed by atoms with Gasteiger partial charge in [-0.05, 0) is 60.1 Å². The molecule has 0 saturated carbocycles. The van der Waals surface area contributed by atoms with Crippen LogP contribution >= 0.6 is 11.8 Å². The van der Waals surface area contributed by atoms with Crippen LogP contribution in [-0.2, 0) is 12.8 Å². The highest BCUT2D eigenvalue weighted by Gasteiger charge is 2.46.